The van der Waals surface area contributed by atoms with Crippen molar-refractivity contribution < 1.29 is 9.53 Å². The van der Waals surface area contributed by atoms with E-state index in [0.29, 0.717) is 39.9 Å². The zero-order valence-electron chi connectivity index (χ0n) is 17.1. The molecule has 1 aromatic carbocycles. The third-order valence-corrected chi connectivity index (χ3v) is 6.08. The number of aromatic nitrogens is 2. The number of fused-ring (bicyclic) bond motifs is 5. The van der Waals surface area contributed by atoms with Crippen molar-refractivity contribution in [2.24, 2.45) is 0 Å². The maximum Gasteiger partial charge on any atom is 0.316 e. The van der Waals surface area contributed by atoms with Gasteiger partial charge in [-0.2, -0.15) is 0 Å². The van der Waals surface area contributed by atoms with Crippen LogP contribution in [0.5, 0.6) is 0 Å². The van der Waals surface area contributed by atoms with Crippen LogP contribution >= 0.6 is 0 Å². The molecule has 6 nitrogen and oxygen atoms in total. The minimum Gasteiger partial charge on any atom is -0.460 e. The Labute approximate surface area is 168 Å². The number of nitrogens with zero attached hydrogens (tertiary/aromatic N) is 1. The Morgan fingerprint density at radius 3 is 2.59 bits per heavy atom. The Kier molecular flexibility index (Phi) is 4.45. The van der Waals surface area contributed by atoms with E-state index in [0.717, 1.165) is 5.52 Å². The van der Waals surface area contributed by atoms with Crippen molar-refractivity contribution in [2.75, 3.05) is 0 Å². The predicted octanol–water partition coefficient (Wildman–Crippen LogP) is 3.47. The number of rotatable bonds is 1. The fourth-order valence-corrected chi connectivity index (χ4v) is 4.23. The van der Waals surface area contributed by atoms with Crippen LogP contribution in [0.15, 0.2) is 39.9 Å². The largest absolute Gasteiger partial charge is 0.460 e. The molecule has 5 rings (SSSR count). The summed E-state index contributed by atoms with van der Waals surface area (Å²) in [6.07, 6.45) is 0.531. The van der Waals surface area contributed by atoms with Crippen molar-refractivity contribution in [3.8, 4) is 11.4 Å². The number of carbonyl (C=O) groups is 1. The zero-order chi connectivity index (χ0) is 20.9. The lowest BCUT2D eigenvalue weighted by Crippen LogP contribution is -2.42. The zero-order valence-corrected chi connectivity index (χ0v) is 17.1. The lowest BCUT2D eigenvalue weighted by atomic mass is 9.76. The first-order valence-corrected chi connectivity index (χ1v) is 10.0. The van der Waals surface area contributed by atoms with Gasteiger partial charge in [0.05, 0.1) is 28.9 Å². The van der Waals surface area contributed by atoms with E-state index >= 15 is 0 Å². The number of ether oxygens (including phenoxy) is 1. The normalized spacial score (nSPS) is 19.0. The Balaban J connectivity index is 0.000000994. The molecule has 0 saturated heterocycles. The van der Waals surface area contributed by atoms with Gasteiger partial charge in [-0.05, 0) is 37.1 Å². The molecule has 150 valence electrons. The van der Waals surface area contributed by atoms with Gasteiger partial charge in [0.15, 0.2) is 5.43 Å². The maximum atomic E-state index is 13.1. The Morgan fingerprint density at radius 2 is 1.86 bits per heavy atom. The highest BCUT2D eigenvalue weighted by Crippen LogP contribution is 2.38. The molecular weight excluding hydrogens is 368 g/mol. The van der Waals surface area contributed by atoms with E-state index in [9.17, 15) is 14.4 Å². The second-order valence-electron chi connectivity index (χ2n) is 7.43. The number of H-pyrrole nitrogens is 1. The standard InChI is InChI=1S/C21H18N2O4.C2H6/c1-3-21(2)14-8-16-17-12(18(24)11-6-4-5-7-15(11)22-17)9-23(16)19(25)13(14)10-27-20(21)26;1-2/h4-8H,3,9-10H2,1-2H3,(H,22,24);1-2H3. The van der Waals surface area contributed by atoms with E-state index in [1.807, 2.05) is 52.0 Å². The highest BCUT2D eigenvalue weighted by Gasteiger charge is 2.43. The number of cyclic esters (lactones) is 1. The first-order valence-electron chi connectivity index (χ1n) is 10.0. The van der Waals surface area contributed by atoms with Crippen LogP contribution in [0.25, 0.3) is 22.3 Å². The van der Waals surface area contributed by atoms with Crippen LogP contribution in [0, 0.1) is 0 Å². The van der Waals surface area contributed by atoms with Gasteiger partial charge in [0, 0.05) is 16.5 Å². The highest BCUT2D eigenvalue weighted by molar-refractivity contribution is 5.87. The van der Waals surface area contributed by atoms with Gasteiger partial charge in [0.2, 0.25) is 0 Å². The van der Waals surface area contributed by atoms with Gasteiger partial charge >= 0.3 is 5.97 Å². The number of aromatic amines is 1. The van der Waals surface area contributed by atoms with Crippen molar-refractivity contribution in [3.05, 3.63) is 67.6 Å². The van der Waals surface area contributed by atoms with E-state index < -0.39 is 5.41 Å². The van der Waals surface area contributed by atoms with Gasteiger partial charge in [-0.1, -0.05) is 32.9 Å². The number of esters is 1. The van der Waals surface area contributed by atoms with Crippen molar-refractivity contribution in [2.45, 2.75) is 52.7 Å². The molecule has 0 radical (unpaired) electrons. The average molecular weight is 392 g/mol. The second kappa shape index (κ2) is 6.72. The molecule has 2 aromatic heterocycles. The number of para-hydroxylation sites is 1. The molecule has 29 heavy (non-hydrogen) atoms. The summed E-state index contributed by atoms with van der Waals surface area (Å²) in [5.74, 6) is -0.313. The van der Waals surface area contributed by atoms with Crippen LogP contribution in [0.1, 0.15) is 50.8 Å². The van der Waals surface area contributed by atoms with Crippen LogP contribution in [-0.2, 0) is 28.1 Å². The van der Waals surface area contributed by atoms with Gasteiger partial charge < -0.3 is 14.3 Å². The molecule has 2 aliphatic heterocycles. The molecule has 1 N–H and O–H groups in total. The number of hydrogen-bond donors (Lipinski definition) is 1. The summed E-state index contributed by atoms with van der Waals surface area (Å²) in [5.41, 5.74) is 2.74. The SMILES string of the molecule is CC.CCC1(C)C(=O)OCc2c1cc1n(c2=O)Cc2c-1[nH]c1ccccc1c2=O. The molecule has 0 fully saturated rings. The first-order chi connectivity index (χ1) is 14.0. The molecule has 0 amide bonds. The van der Waals surface area contributed by atoms with Crippen molar-refractivity contribution in [3.63, 3.8) is 0 Å². The van der Waals surface area contributed by atoms with Gasteiger partial charge in [0.1, 0.15) is 6.61 Å². The topological polar surface area (TPSA) is 81.2 Å². The monoisotopic (exact) mass is 392 g/mol. The molecule has 2 aliphatic rings. The molecule has 0 saturated carbocycles. The predicted molar refractivity (Wildman–Crippen MR) is 112 cm³/mol. The average Bonchev–Trinajstić information content (AvgIpc) is 3.12. The van der Waals surface area contributed by atoms with Crippen LogP contribution in [-0.4, -0.2) is 15.5 Å². The van der Waals surface area contributed by atoms with Gasteiger partial charge in [0.25, 0.3) is 5.56 Å². The smallest absolute Gasteiger partial charge is 0.316 e. The van der Waals surface area contributed by atoms with E-state index in [4.69, 9.17) is 4.74 Å². The molecule has 0 spiro atoms. The minimum absolute atomic E-state index is 0.0187. The molecular formula is C23H24N2O4. The summed E-state index contributed by atoms with van der Waals surface area (Å²) in [4.78, 5) is 41.8. The van der Waals surface area contributed by atoms with Crippen LogP contribution in [0.4, 0.5) is 0 Å². The van der Waals surface area contributed by atoms with Crippen LogP contribution < -0.4 is 11.0 Å². The summed E-state index contributed by atoms with van der Waals surface area (Å²) in [6.45, 7) is 7.93. The van der Waals surface area contributed by atoms with Gasteiger partial charge in [-0.25, -0.2) is 0 Å². The summed E-state index contributed by atoms with van der Waals surface area (Å²) in [7, 11) is 0. The third-order valence-electron chi connectivity index (χ3n) is 6.08. The first kappa shape index (κ1) is 19.2. The van der Waals surface area contributed by atoms with Crippen LogP contribution in [0.2, 0.25) is 0 Å². The van der Waals surface area contributed by atoms with Crippen molar-refractivity contribution in [1.82, 2.24) is 9.55 Å². The Bertz CT molecular complexity index is 1270. The van der Waals surface area contributed by atoms with E-state index in [1.54, 1.807) is 10.6 Å². The molecule has 1 unspecified atom stereocenters. The fourth-order valence-electron chi connectivity index (χ4n) is 4.23. The Hall–Kier alpha value is -3.15. The van der Waals surface area contributed by atoms with Crippen molar-refractivity contribution in [1.29, 1.82) is 0 Å². The second-order valence-corrected chi connectivity index (χ2v) is 7.43. The van der Waals surface area contributed by atoms with Crippen LogP contribution in [0.3, 0.4) is 0 Å². The number of carbonyl (C=O) groups excluding carboxylic acids is 1. The lowest BCUT2D eigenvalue weighted by Gasteiger charge is -2.33. The number of hydrogen-bond acceptors (Lipinski definition) is 4. The molecule has 6 heteroatoms. The minimum atomic E-state index is -0.859. The molecule has 3 aromatic rings. The summed E-state index contributed by atoms with van der Waals surface area (Å²) in [6, 6.07) is 9.21. The van der Waals surface area contributed by atoms with E-state index in [2.05, 4.69) is 4.98 Å². The molecule has 0 bridgehead atoms. The molecule has 1 atom stereocenters. The summed E-state index contributed by atoms with van der Waals surface area (Å²) in [5, 5.41) is 0.610. The third kappa shape index (κ3) is 2.51. The van der Waals surface area contributed by atoms with Crippen molar-refractivity contribution >= 4 is 16.9 Å². The number of pyridine rings is 2. The Morgan fingerprint density at radius 1 is 1.14 bits per heavy atom. The number of nitrogens with one attached hydrogen (secondary N) is 1. The lowest BCUT2D eigenvalue weighted by molar-refractivity contribution is -0.153. The fraction of sp³-hybridized carbons (Fsp3) is 0.348. The van der Waals surface area contributed by atoms with E-state index in [1.165, 1.54) is 0 Å². The summed E-state index contributed by atoms with van der Waals surface area (Å²) < 4.78 is 6.90. The summed E-state index contributed by atoms with van der Waals surface area (Å²) >= 11 is 0. The van der Waals surface area contributed by atoms with Gasteiger partial charge in [-0.15, -0.1) is 0 Å². The maximum absolute atomic E-state index is 13.1. The highest BCUT2D eigenvalue weighted by atomic mass is 16.5. The number of benzene rings is 1. The molecule has 0 aliphatic carbocycles. The van der Waals surface area contributed by atoms with E-state index in [-0.39, 0.29) is 30.1 Å². The van der Waals surface area contributed by atoms with Gasteiger partial charge in [-0.3, -0.25) is 14.4 Å². The quantitative estimate of drug-likeness (QED) is 0.503. The molecule has 4 heterocycles.